The molecule has 0 radical (unpaired) electrons. The van der Waals surface area contributed by atoms with E-state index in [9.17, 15) is 0 Å². The molecule has 1 aromatic carbocycles. The maximum absolute atomic E-state index is 5.84. The molecule has 4 heterocycles. The van der Waals surface area contributed by atoms with Gasteiger partial charge in [0.2, 0.25) is 0 Å². The number of nitrogens with zero attached hydrogens (tertiary/aromatic N) is 4. The number of benzene rings is 1. The van der Waals surface area contributed by atoms with Gasteiger partial charge in [0.15, 0.2) is 5.82 Å². The average molecular weight is 337 g/mol. The minimum Gasteiger partial charge on any atom is -0.399 e. The Balaban J connectivity index is 1.63. The Bertz CT molecular complexity index is 790. The molecule has 0 aliphatic carbocycles. The molecular formula is C19H23N5O. The maximum Gasteiger partial charge on any atom is 0.161 e. The van der Waals surface area contributed by atoms with E-state index in [0.717, 1.165) is 54.9 Å². The van der Waals surface area contributed by atoms with Gasteiger partial charge in [-0.2, -0.15) is 0 Å². The van der Waals surface area contributed by atoms with E-state index in [0.29, 0.717) is 12.1 Å². The van der Waals surface area contributed by atoms with Gasteiger partial charge in [-0.3, -0.25) is 4.90 Å². The van der Waals surface area contributed by atoms with Crippen molar-refractivity contribution in [3.63, 3.8) is 0 Å². The lowest BCUT2D eigenvalue weighted by molar-refractivity contribution is 0.0901. The van der Waals surface area contributed by atoms with Crippen molar-refractivity contribution in [3.8, 4) is 11.4 Å². The fourth-order valence-corrected chi connectivity index (χ4v) is 4.34. The second kappa shape index (κ2) is 5.68. The lowest BCUT2D eigenvalue weighted by Crippen LogP contribution is -2.47. The number of hydrogen-bond acceptors (Lipinski definition) is 6. The Labute approximate surface area is 147 Å². The summed E-state index contributed by atoms with van der Waals surface area (Å²) in [5.41, 5.74) is 10.1. The van der Waals surface area contributed by atoms with Gasteiger partial charge in [0.05, 0.1) is 31.0 Å². The van der Waals surface area contributed by atoms with E-state index in [1.807, 2.05) is 24.3 Å². The van der Waals surface area contributed by atoms with Crippen LogP contribution >= 0.6 is 0 Å². The highest BCUT2D eigenvalue weighted by Crippen LogP contribution is 2.38. The number of ether oxygens (including phenoxy) is 1. The Kier molecular flexibility index (Phi) is 3.43. The predicted octanol–water partition coefficient (Wildman–Crippen LogP) is 2.04. The standard InChI is InChI=1S/C19H23N5O/c1-23-8-16-17(9-23)21-18(12-2-4-13(20)5-3-12)22-19(16)24-14-6-7-15(24)11-25-10-14/h2-5,14-15H,6-11,20H2,1H3. The second-order valence-corrected chi connectivity index (χ2v) is 7.42. The molecule has 3 aliphatic heterocycles. The van der Waals surface area contributed by atoms with Crippen LogP contribution in [0.1, 0.15) is 24.1 Å². The lowest BCUT2D eigenvalue weighted by atomic mass is 10.1. The summed E-state index contributed by atoms with van der Waals surface area (Å²) < 4.78 is 5.77. The van der Waals surface area contributed by atoms with E-state index >= 15 is 0 Å². The van der Waals surface area contributed by atoms with Gasteiger partial charge in [-0.15, -0.1) is 0 Å². The van der Waals surface area contributed by atoms with E-state index in [4.69, 9.17) is 20.4 Å². The quantitative estimate of drug-likeness (QED) is 0.846. The minimum atomic E-state index is 0.447. The van der Waals surface area contributed by atoms with E-state index in [-0.39, 0.29) is 0 Å². The monoisotopic (exact) mass is 337 g/mol. The average Bonchev–Trinajstić information content (AvgIpc) is 3.10. The van der Waals surface area contributed by atoms with Gasteiger partial charge >= 0.3 is 0 Å². The number of hydrogen-bond donors (Lipinski definition) is 1. The fourth-order valence-electron chi connectivity index (χ4n) is 4.34. The lowest BCUT2D eigenvalue weighted by Gasteiger charge is -2.36. The van der Waals surface area contributed by atoms with Crippen molar-refractivity contribution in [2.45, 2.75) is 38.0 Å². The Morgan fingerprint density at radius 1 is 1.04 bits per heavy atom. The molecule has 2 saturated heterocycles. The third-order valence-electron chi connectivity index (χ3n) is 5.57. The van der Waals surface area contributed by atoms with Crippen LogP contribution in [0.3, 0.4) is 0 Å². The molecule has 130 valence electrons. The number of aromatic nitrogens is 2. The highest BCUT2D eigenvalue weighted by Gasteiger charge is 2.40. The zero-order valence-electron chi connectivity index (χ0n) is 14.5. The van der Waals surface area contributed by atoms with Gasteiger partial charge < -0.3 is 15.4 Å². The molecule has 3 aliphatic rings. The van der Waals surface area contributed by atoms with Crippen molar-refractivity contribution in [1.29, 1.82) is 0 Å². The second-order valence-electron chi connectivity index (χ2n) is 7.42. The molecule has 1 aromatic heterocycles. The van der Waals surface area contributed by atoms with Crippen molar-refractivity contribution in [2.75, 3.05) is 30.9 Å². The smallest absolute Gasteiger partial charge is 0.161 e. The summed E-state index contributed by atoms with van der Waals surface area (Å²) in [5, 5.41) is 0. The third-order valence-corrected chi connectivity index (χ3v) is 5.57. The summed E-state index contributed by atoms with van der Waals surface area (Å²) in [6, 6.07) is 8.73. The van der Waals surface area contributed by atoms with Gasteiger partial charge in [0, 0.05) is 29.9 Å². The van der Waals surface area contributed by atoms with Crippen molar-refractivity contribution >= 4 is 11.5 Å². The largest absolute Gasteiger partial charge is 0.399 e. The van der Waals surface area contributed by atoms with Crippen molar-refractivity contribution < 1.29 is 4.74 Å². The van der Waals surface area contributed by atoms with Crippen molar-refractivity contribution in [2.24, 2.45) is 0 Å². The molecule has 6 heteroatoms. The SMILES string of the molecule is CN1Cc2nc(-c3ccc(N)cc3)nc(N3C4CCC3COC4)c2C1. The minimum absolute atomic E-state index is 0.447. The first-order valence-corrected chi connectivity index (χ1v) is 8.99. The molecule has 0 spiro atoms. The Hall–Kier alpha value is -2.18. The van der Waals surface area contributed by atoms with Crippen molar-refractivity contribution in [3.05, 3.63) is 35.5 Å². The molecule has 2 unspecified atom stereocenters. The van der Waals surface area contributed by atoms with Gasteiger partial charge in [-0.05, 0) is 44.2 Å². The van der Waals surface area contributed by atoms with E-state index in [2.05, 4.69) is 16.8 Å². The van der Waals surface area contributed by atoms with Crippen LogP contribution in [0.25, 0.3) is 11.4 Å². The number of morpholine rings is 1. The van der Waals surface area contributed by atoms with Crippen LogP contribution in [0.15, 0.2) is 24.3 Å². The molecule has 2 aromatic rings. The van der Waals surface area contributed by atoms with E-state index in [1.54, 1.807) is 0 Å². The number of nitrogen functional groups attached to an aromatic ring is 1. The Morgan fingerprint density at radius 2 is 1.76 bits per heavy atom. The summed E-state index contributed by atoms with van der Waals surface area (Å²) in [5.74, 6) is 1.92. The highest BCUT2D eigenvalue weighted by molar-refractivity contribution is 5.64. The molecule has 5 rings (SSSR count). The van der Waals surface area contributed by atoms with Crippen LogP contribution in [0.4, 0.5) is 11.5 Å². The first-order valence-electron chi connectivity index (χ1n) is 8.99. The summed E-state index contributed by atoms with van der Waals surface area (Å²) in [6.07, 6.45) is 2.38. The van der Waals surface area contributed by atoms with Crippen LogP contribution < -0.4 is 10.6 Å². The van der Waals surface area contributed by atoms with Crippen LogP contribution in [-0.4, -0.2) is 47.2 Å². The molecule has 2 N–H and O–H groups in total. The number of rotatable bonds is 2. The van der Waals surface area contributed by atoms with Crippen LogP contribution in [0.2, 0.25) is 0 Å². The molecular weight excluding hydrogens is 314 g/mol. The van der Waals surface area contributed by atoms with E-state index < -0.39 is 0 Å². The first kappa shape index (κ1) is 15.1. The topological polar surface area (TPSA) is 67.5 Å². The highest BCUT2D eigenvalue weighted by atomic mass is 16.5. The third kappa shape index (κ3) is 2.48. The predicted molar refractivity (Wildman–Crippen MR) is 97.2 cm³/mol. The van der Waals surface area contributed by atoms with Crippen LogP contribution in [0.5, 0.6) is 0 Å². The molecule has 2 atom stereocenters. The molecule has 25 heavy (non-hydrogen) atoms. The van der Waals surface area contributed by atoms with Crippen molar-refractivity contribution in [1.82, 2.24) is 14.9 Å². The Morgan fingerprint density at radius 3 is 2.48 bits per heavy atom. The molecule has 2 bridgehead atoms. The summed E-state index contributed by atoms with van der Waals surface area (Å²) >= 11 is 0. The first-order chi connectivity index (χ1) is 12.2. The summed E-state index contributed by atoms with van der Waals surface area (Å²) in [6.45, 7) is 3.42. The van der Waals surface area contributed by atoms with Gasteiger partial charge in [0.1, 0.15) is 5.82 Å². The number of fused-ring (bicyclic) bond motifs is 3. The molecule has 6 nitrogen and oxygen atoms in total. The number of anilines is 2. The zero-order valence-corrected chi connectivity index (χ0v) is 14.5. The van der Waals surface area contributed by atoms with Crippen LogP contribution in [0, 0.1) is 0 Å². The normalized spacial score (nSPS) is 25.4. The van der Waals surface area contributed by atoms with Gasteiger partial charge in [-0.1, -0.05) is 0 Å². The molecule has 2 fully saturated rings. The van der Waals surface area contributed by atoms with Crippen LogP contribution in [-0.2, 0) is 17.8 Å². The fraction of sp³-hybridized carbons (Fsp3) is 0.474. The maximum atomic E-state index is 5.84. The summed E-state index contributed by atoms with van der Waals surface area (Å²) in [4.78, 5) is 14.7. The van der Waals surface area contributed by atoms with E-state index in [1.165, 1.54) is 18.4 Å². The van der Waals surface area contributed by atoms with Gasteiger partial charge in [-0.25, -0.2) is 9.97 Å². The molecule has 0 amide bonds. The molecule has 0 saturated carbocycles. The summed E-state index contributed by atoms with van der Waals surface area (Å²) in [7, 11) is 2.14. The number of nitrogens with two attached hydrogens (primary N) is 1. The zero-order chi connectivity index (χ0) is 17.0. The van der Waals surface area contributed by atoms with Gasteiger partial charge in [0.25, 0.3) is 0 Å².